The minimum atomic E-state index is -0.911. The maximum absolute atomic E-state index is 12.5. The second-order valence-corrected chi connectivity index (χ2v) is 5.67. The van der Waals surface area contributed by atoms with Crippen molar-refractivity contribution >= 4 is 11.9 Å². The van der Waals surface area contributed by atoms with Crippen molar-refractivity contribution in [1.29, 1.82) is 0 Å². The van der Waals surface area contributed by atoms with Gasteiger partial charge in [-0.25, -0.2) is 0 Å². The summed E-state index contributed by atoms with van der Waals surface area (Å²) in [5.74, 6) is -0.914. The van der Waals surface area contributed by atoms with Gasteiger partial charge in [0.1, 0.15) is 6.04 Å². The molecule has 1 N–H and O–H groups in total. The molecule has 0 aliphatic heterocycles. The number of benzene rings is 1. The molecule has 5 nitrogen and oxygen atoms in total. The van der Waals surface area contributed by atoms with Crippen LogP contribution in [0.4, 0.5) is 0 Å². The molecule has 1 unspecified atom stereocenters. The van der Waals surface area contributed by atoms with E-state index in [0.29, 0.717) is 12.6 Å². The average molecular weight is 290 g/mol. The smallest absolute Gasteiger partial charge is 0.320 e. The number of carbonyl (C=O) groups is 2. The minimum absolute atomic E-state index is 0.00282. The van der Waals surface area contributed by atoms with Crippen LogP contribution in [0.25, 0.3) is 0 Å². The van der Waals surface area contributed by atoms with Crippen LogP contribution in [0.2, 0.25) is 0 Å². The van der Waals surface area contributed by atoms with Crippen LogP contribution in [0.5, 0.6) is 0 Å². The quantitative estimate of drug-likeness (QED) is 0.828. The number of hydrogen-bond acceptors (Lipinski definition) is 3. The molecule has 1 amide bonds. The van der Waals surface area contributed by atoms with Crippen molar-refractivity contribution in [3.05, 3.63) is 35.9 Å². The van der Waals surface area contributed by atoms with Crippen molar-refractivity contribution in [2.75, 3.05) is 13.6 Å². The van der Waals surface area contributed by atoms with Crippen LogP contribution in [-0.4, -0.2) is 52.5 Å². The van der Waals surface area contributed by atoms with Gasteiger partial charge in [-0.2, -0.15) is 0 Å². The van der Waals surface area contributed by atoms with E-state index in [-0.39, 0.29) is 12.5 Å². The fraction of sp³-hybridized carbons (Fsp3) is 0.500. The van der Waals surface area contributed by atoms with Crippen LogP contribution in [-0.2, 0) is 16.1 Å². The van der Waals surface area contributed by atoms with Crippen LogP contribution in [0.3, 0.4) is 0 Å². The summed E-state index contributed by atoms with van der Waals surface area (Å²) in [6.07, 6.45) is 2.08. The molecule has 0 radical (unpaired) electrons. The fourth-order valence-corrected chi connectivity index (χ4v) is 2.22. The molecule has 0 bridgehead atoms. The molecule has 1 atom stereocenters. The number of carboxylic acid groups (broad SMARTS) is 1. The van der Waals surface area contributed by atoms with E-state index in [4.69, 9.17) is 5.11 Å². The Bertz CT molecular complexity index is 500. The van der Waals surface area contributed by atoms with Crippen molar-refractivity contribution in [2.24, 2.45) is 0 Å². The molecule has 1 aromatic carbocycles. The van der Waals surface area contributed by atoms with Gasteiger partial charge in [-0.1, -0.05) is 30.3 Å². The van der Waals surface area contributed by atoms with Crippen LogP contribution in [0.1, 0.15) is 25.3 Å². The Labute approximate surface area is 125 Å². The normalized spacial score (nSPS) is 15.8. The highest BCUT2D eigenvalue weighted by Crippen LogP contribution is 2.28. The van der Waals surface area contributed by atoms with Gasteiger partial charge in [0.25, 0.3) is 0 Å². The van der Waals surface area contributed by atoms with E-state index < -0.39 is 12.0 Å². The van der Waals surface area contributed by atoms with Gasteiger partial charge in [0.05, 0.1) is 6.54 Å². The van der Waals surface area contributed by atoms with E-state index in [0.717, 1.165) is 18.4 Å². The highest BCUT2D eigenvalue weighted by Gasteiger charge is 2.33. The Kier molecular flexibility index (Phi) is 4.96. The molecule has 1 aliphatic rings. The molecule has 0 heterocycles. The zero-order chi connectivity index (χ0) is 15.4. The molecule has 0 aromatic heterocycles. The predicted molar refractivity (Wildman–Crippen MR) is 79.7 cm³/mol. The Balaban J connectivity index is 1.98. The van der Waals surface area contributed by atoms with Gasteiger partial charge in [0, 0.05) is 12.6 Å². The predicted octanol–water partition coefficient (Wildman–Crippen LogP) is 1.58. The highest BCUT2D eigenvalue weighted by molar-refractivity contribution is 5.80. The van der Waals surface area contributed by atoms with E-state index in [1.807, 2.05) is 35.2 Å². The van der Waals surface area contributed by atoms with Crippen molar-refractivity contribution in [3.8, 4) is 0 Å². The van der Waals surface area contributed by atoms with E-state index >= 15 is 0 Å². The summed E-state index contributed by atoms with van der Waals surface area (Å²) in [5, 5.41) is 8.99. The molecule has 0 spiro atoms. The summed E-state index contributed by atoms with van der Waals surface area (Å²) < 4.78 is 0. The summed E-state index contributed by atoms with van der Waals surface area (Å²) in [6.45, 7) is 2.32. The summed E-state index contributed by atoms with van der Waals surface area (Å²) in [4.78, 5) is 26.9. The second-order valence-electron chi connectivity index (χ2n) is 5.67. The molecule has 1 fully saturated rings. The van der Waals surface area contributed by atoms with Gasteiger partial charge < -0.3 is 10.0 Å². The number of rotatable bonds is 7. The molecule has 21 heavy (non-hydrogen) atoms. The molecule has 1 aromatic rings. The van der Waals surface area contributed by atoms with E-state index in [1.54, 1.807) is 18.9 Å². The van der Waals surface area contributed by atoms with Crippen molar-refractivity contribution in [3.63, 3.8) is 0 Å². The lowest BCUT2D eigenvalue weighted by molar-refractivity contribution is -0.143. The van der Waals surface area contributed by atoms with Crippen molar-refractivity contribution in [2.45, 2.75) is 38.4 Å². The third kappa shape index (κ3) is 4.29. The van der Waals surface area contributed by atoms with E-state index in [2.05, 4.69) is 0 Å². The lowest BCUT2D eigenvalue weighted by atomic mass is 10.2. The number of carboxylic acids is 1. The first kappa shape index (κ1) is 15.5. The standard InChI is InChI=1S/C16H22N2O3/c1-12(16(20)21)17(2)11-15(19)18(14-8-9-14)10-13-6-4-3-5-7-13/h3-7,12,14H,8-11H2,1-2H3,(H,20,21). The molecular weight excluding hydrogens is 268 g/mol. The first-order valence-corrected chi connectivity index (χ1v) is 7.25. The maximum Gasteiger partial charge on any atom is 0.320 e. The van der Waals surface area contributed by atoms with Crippen molar-refractivity contribution < 1.29 is 14.7 Å². The third-order valence-electron chi connectivity index (χ3n) is 3.91. The minimum Gasteiger partial charge on any atom is -0.480 e. The van der Waals surface area contributed by atoms with Gasteiger partial charge >= 0.3 is 5.97 Å². The zero-order valence-corrected chi connectivity index (χ0v) is 12.5. The van der Waals surface area contributed by atoms with Gasteiger partial charge in [-0.15, -0.1) is 0 Å². The monoisotopic (exact) mass is 290 g/mol. The van der Waals surface area contributed by atoms with Crippen LogP contribution >= 0.6 is 0 Å². The number of hydrogen-bond donors (Lipinski definition) is 1. The lowest BCUT2D eigenvalue weighted by Crippen LogP contribution is -2.44. The van der Waals surface area contributed by atoms with E-state index in [1.165, 1.54) is 0 Å². The number of carbonyl (C=O) groups excluding carboxylic acids is 1. The topological polar surface area (TPSA) is 60.9 Å². The first-order chi connectivity index (χ1) is 9.99. The molecule has 1 saturated carbocycles. The fourth-order valence-electron chi connectivity index (χ4n) is 2.22. The molecule has 1 aliphatic carbocycles. The van der Waals surface area contributed by atoms with Crippen LogP contribution in [0.15, 0.2) is 30.3 Å². The first-order valence-electron chi connectivity index (χ1n) is 7.25. The number of amides is 1. The third-order valence-corrected chi connectivity index (χ3v) is 3.91. The number of nitrogens with zero attached hydrogens (tertiary/aromatic N) is 2. The van der Waals surface area contributed by atoms with Gasteiger partial charge in [0.2, 0.25) is 5.91 Å². The summed E-state index contributed by atoms with van der Waals surface area (Å²) >= 11 is 0. The summed E-state index contributed by atoms with van der Waals surface area (Å²) in [5.41, 5.74) is 1.10. The lowest BCUT2D eigenvalue weighted by Gasteiger charge is -2.27. The van der Waals surface area contributed by atoms with Crippen LogP contribution < -0.4 is 0 Å². The van der Waals surface area contributed by atoms with Crippen molar-refractivity contribution in [1.82, 2.24) is 9.80 Å². The number of aliphatic carboxylic acids is 1. The van der Waals surface area contributed by atoms with E-state index in [9.17, 15) is 9.59 Å². The second kappa shape index (κ2) is 6.72. The SMILES string of the molecule is CC(C(=O)O)N(C)CC(=O)N(Cc1ccccc1)C1CC1. The number of likely N-dealkylation sites (N-methyl/N-ethyl adjacent to an activating group) is 1. The molecule has 0 saturated heterocycles. The summed E-state index contributed by atoms with van der Waals surface area (Å²) in [7, 11) is 1.67. The molecule has 114 valence electrons. The highest BCUT2D eigenvalue weighted by atomic mass is 16.4. The Morgan fingerprint density at radius 1 is 1.29 bits per heavy atom. The average Bonchev–Trinajstić information content (AvgIpc) is 3.29. The summed E-state index contributed by atoms with van der Waals surface area (Å²) in [6, 6.07) is 9.54. The van der Waals surface area contributed by atoms with Gasteiger partial charge in [0.15, 0.2) is 0 Å². The Morgan fingerprint density at radius 3 is 2.43 bits per heavy atom. The molecular formula is C16H22N2O3. The maximum atomic E-state index is 12.5. The Morgan fingerprint density at radius 2 is 1.90 bits per heavy atom. The molecule has 2 rings (SSSR count). The van der Waals surface area contributed by atoms with Gasteiger partial charge in [-0.05, 0) is 32.4 Å². The van der Waals surface area contributed by atoms with Crippen LogP contribution in [0, 0.1) is 0 Å². The largest absolute Gasteiger partial charge is 0.480 e. The zero-order valence-electron chi connectivity index (χ0n) is 12.5. The Hall–Kier alpha value is -1.88. The molecule has 5 heteroatoms. The van der Waals surface area contributed by atoms with Gasteiger partial charge in [-0.3, -0.25) is 14.5 Å².